The Morgan fingerprint density at radius 3 is 2.45 bits per heavy atom. The van der Waals surface area contributed by atoms with Crippen LogP contribution in [-0.4, -0.2) is 49.3 Å². The quantitative estimate of drug-likeness (QED) is 0.892. The normalized spacial score (nSPS) is 19.7. The molecular formula is C15H21F3N2O2. The van der Waals surface area contributed by atoms with Crippen molar-refractivity contribution in [2.45, 2.75) is 25.2 Å². The van der Waals surface area contributed by atoms with Crippen molar-refractivity contribution in [1.29, 1.82) is 0 Å². The Balaban J connectivity index is 2.23. The van der Waals surface area contributed by atoms with E-state index in [1.807, 2.05) is 6.92 Å². The van der Waals surface area contributed by atoms with Crippen molar-refractivity contribution in [3.63, 3.8) is 0 Å². The number of hydrogen-bond acceptors (Lipinski definition) is 4. The monoisotopic (exact) mass is 318 g/mol. The molecule has 1 aliphatic rings. The number of piperazine rings is 1. The largest absolute Gasteiger partial charge is 0.496 e. The van der Waals surface area contributed by atoms with E-state index >= 15 is 0 Å². The predicted molar refractivity (Wildman–Crippen MR) is 76.9 cm³/mol. The summed E-state index contributed by atoms with van der Waals surface area (Å²) in [6, 6.07) is 3.01. The number of benzene rings is 1. The van der Waals surface area contributed by atoms with Gasteiger partial charge in [-0.25, -0.2) is 0 Å². The molecule has 0 spiro atoms. The van der Waals surface area contributed by atoms with Gasteiger partial charge >= 0.3 is 6.18 Å². The van der Waals surface area contributed by atoms with E-state index < -0.39 is 17.8 Å². The van der Waals surface area contributed by atoms with Crippen molar-refractivity contribution in [1.82, 2.24) is 10.2 Å². The Bertz CT molecular complexity index is 502. The first-order valence-corrected chi connectivity index (χ1v) is 7.22. The summed E-state index contributed by atoms with van der Waals surface area (Å²) in [6.07, 6.45) is -5.34. The van der Waals surface area contributed by atoms with Gasteiger partial charge in [0.2, 0.25) is 0 Å². The van der Waals surface area contributed by atoms with E-state index in [0.717, 1.165) is 38.3 Å². The molecule has 1 fully saturated rings. The lowest BCUT2D eigenvalue weighted by Gasteiger charge is -2.35. The molecule has 0 saturated carbocycles. The molecule has 1 aromatic rings. The number of hydrogen-bond donors (Lipinski definition) is 2. The molecule has 1 aromatic carbocycles. The number of ether oxygens (including phenoxy) is 1. The predicted octanol–water partition coefficient (Wildman–Crippen LogP) is 2.04. The molecule has 0 bridgehead atoms. The van der Waals surface area contributed by atoms with E-state index in [1.165, 1.54) is 13.2 Å². The van der Waals surface area contributed by atoms with Crippen LogP contribution in [0.15, 0.2) is 18.2 Å². The van der Waals surface area contributed by atoms with Crippen molar-refractivity contribution < 1.29 is 23.0 Å². The highest BCUT2D eigenvalue weighted by atomic mass is 19.4. The van der Waals surface area contributed by atoms with E-state index in [9.17, 15) is 18.3 Å². The van der Waals surface area contributed by atoms with E-state index in [4.69, 9.17) is 4.74 Å². The lowest BCUT2D eigenvalue weighted by Crippen LogP contribution is -2.49. The molecule has 0 radical (unpaired) electrons. The molecule has 0 aromatic heterocycles. The van der Waals surface area contributed by atoms with Crippen molar-refractivity contribution in [2.24, 2.45) is 0 Å². The van der Waals surface area contributed by atoms with E-state index in [0.29, 0.717) is 5.56 Å². The first-order chi connectivity index (χ1) is 10.3. The molecule has 2 rings (SSSR count). The van der Waals surface area contributed by atoms with Gasteiger partial charge in [0.1, 0.15) is 5.75 Å². The molecule has 7 heteroatoms. The third kappa shape index (κ3) is 3.71. The van der Waals surface area contributed by atoms with Gasteiger partial charge in [-0.3, -0.25) is 4.90 Å². The maximum Gasteiger partial charge on any atom is 0.416 e. The van der Waals surface area contributed by atoms with Crippen LogP contribution in [-0.2, 0) is 6.18 Å². The lowest BCUT2D eigenvalue weighted by molar-refractivity contribution is -0.137. The molecule has 1 heterocycles. The minimum absolute atomic E-state index is 0.0595. The van der Waals surface area contributed by atoms with Gasteiger partial charge in [0.25, 0.3) is 0 Å². The summed E-state index contributed by atoms with van der Waals surface area (Å²) in [5.74, 6) is 0.0595. The Hall–Kier alpha value is -1.31. The second kappa shape index (κ2) is 6.85. The zero-order valence-corrected chi connectivity index (χ0v) is 12.7. The van der Waals surface area contributed by atoms with Gasteiger partial charge in [-0.2, -0.15) is 13.2 Å². The Morgan fingerprint density at radius 1 is 1.27 bits per heavy atom. The number of nitrogens with one attached hydrogen (secondary N) is 1. The van der Waals surface area contributed by atoms with Gasteiger partial charge in [-0.15, -0.1) is 0 Å². The number of alkyl halides is 3. The van der Waals surface area contributed by atoms with Gasteiger partial charge in [-0.05, 0) is 19.1 Å². The maximum atomic E-state index is 12.8. The third-order valence-electron chi connectivity index (χ3n) is 4.06. The van der Waals surface area contributed by atoms with E-state index in [2.05, 4.69) is 10.2 Å². The molecule has 124 valence electrons. The highest BCUT2D eigenvalue weighted by molar-refractivity contribution is 5.40. The van der Waals surface area contributed by atoms with Crippen molar-refractivity contribution in [3.8, 4) is 5.75 Å². The van der Waals surface area contributed by atoms with Crippen LogP contribution in [0.4, 0.5) is 13.2 Å². The number of nitrogens with zero attached hydrogens (tertiary/aromatic N) is 1. The van der Waals surface area contributed by atoms with Gasteiger partial charge in [0.05, 0.1) is 18.8 Å². The molecule has 2 atom stereocenters. The molecule has 22 heavy (non-hydrogen) atoms. The van der Waals surface area contributed by atoms with Gasteiger partial charge < -0.3 is 15.2 Å². The van der Waals surface area contributed by atoms with Crippen LogP contribution in [0, 0.1) is 0 Å². The molecule has 0 amide bonds. The van der Waals surface area contributed by atoms with E-state index in [1.54, 1.807) is 0 Å². The highest BCUT2D eigenvalue weighted by Crippen LogP contribution is 2.36. The third-order valence-corrected chi connectivity index (χ3v) is 4.06. The average molecular weight is 318 g/mol. The van der Waals surface area contributed by atoms with Crippen LogP contribution in [0.5, 0.6) is 5.75 Å². The smallest absolute Gasteiger partial charge is 0.416 e. The molecule has 1 saturated heterocycles. The fourth-order valence-corrected chi connectivity index (χ4v) is 2.68. The van der Waals surface area contributed by atoms with Crippen molar-refractivity contribution >= 4 is 0 Å². The lowest BCUT2D eigenvalue weighted by atomic mass is 9.99. The minimum atomic E-state index is -4.43. The van der Waals surface area contributed by atoms with Crippen LogP contribution >= 0.6 is 0 Å². The zero-order valence-electron chi connectivity index (χ0n) is 12.7. The summed E-state index contributed by atoms with van der Waals surface area (Å²) >= 11 is 0. The van der Waals surface area contributed by atoms with Gasteiger partial charge in [0.15, 0.2) is 0 Å². The Labute approximate surface area is 127 Å². The van der Waals surface area contributed by atoms with Crippen LogP contribution in [0.1, 0.15) is 24.2 Å². The summed E-state index contributed by atoms with van der Waals surface area (Å²) < 4.78 is 43.3. The molecule has 2 unspecified atom stereocenters. The second-order valence-electron chi connectivity index (χ2n) is 5.43. The summed E-state index contributed by atoms with van der Waals surface area (Å²) in [5.41, 5.74) is -0.406. The highest BCUT2D eigenvalue weighted by Gasteiger charge is 2.33. The maximum absolute atomic E-state index is 12.8. The fraction of sp³-hybridized carbons (Fsp3) is 0.600. The van der Waals surface area contributed by atoms with Crippen molar-refractivity contribution in [3.05, 3.63) is 29.3 Å². The zero-order chi connectivity index (χ0) is 16.3. The average Bonchev–Trinajstić information content (AvgIpc) is 2.52. The van der Waals surface area contributed by atoms with Crippen molar-refractivity contribution in [2.75, 3.05) is 33.3 Å². The SMILES string of the molecule is COc1cc(C(F)(F)F)ccc1C(O)C(C)N1CCNCC1. The van der Waals surface area contributed by atoms with E-state index in [-0.39, 0.29) is 11.8 Å². The molecule has 1 aliphatic heterocycles. The first kappa shape index (κ1) is 17.1. The number of rotatable bonds is 4. The van der Waals surface area contributed by atoms with Crippen LogP contribution in [0.3, 0.4) is 0 Å². The fourth-order valence-electron chi connectivity index (χ4n) is 2.68. The summed E-state index contributed by atoms with van der Waals surface area (Å²) in [7, 11) is 1.31. The second-order valence-corrected chi connectivity index (χ2v) is 5.43. The summed E-state index contributed by atoms with van der Waals surface area (Å²) in [6.45, 7) is 5.12. The summed E-state index contributed by atoms with van der Waals surface area (Å²) in [4.78, 5) is 2.11. The van der Waals surface area contributed by atoms with Gasteiger partial charge in [-0.1, -0.05) is 6.07 Å². The standard InChI is InChI=1S/C15H21F3N2O2/c1-10(20-7-5-19-6-8-20)14(21)12-4-3-11(15(16,17)18)9-13(12)22-2/h3-4,9-10,14,19,21H,5-8H2,1-2H3. The van der Waals surface area contributed by atoms with Crippen LogP contribution in [0.2, 0.25) is 0 Å². The minimum Gasteiger partial charge on any atom is -0.496 e. The number of aliphatic hydroxyl groups excluding tert-OH is 1. The molecule has 0 aliphatic carbocycles. The Kier molecular flexibility index (Phi) is 5.31. The van der Waals surface area contributed by atoms with Crippen LogP contribution in [0.25, 0.3) is 0 Å². The number of aliphatic hydroxyl groups is 1. The Morgan fingerprint density at radius 2 is 1.91 bits per heavy atom. The molecule has 4 nitrogen and oxygen atoms in total. The first-order valence-electron chi connectivity index (χ1n) is 7.22. The number of halogens is 3. The van der Waals surface area contributed by atoms with Crippen LogP contribution < -0.4 is 10.1 Å². The topological polar surface area (TPSA) is 44.7 Å². The summed E-state index contributed by atoms with van der Waals surface area (Å²) in [5, 5.41) is 13.7. The van der Waals surface area contributed by atoms with Gasteiger partial charge in [0, 0.05) is 37.8 Å². The molecule has 2 N–H and O–H groups in total. The molecular weight excluding hydrogens is 297 g/mol. The number of methoxy groups -OCH3 is 1.